The van der Waals surface area contributed by atoms with Crippen LogP contribution in [0.1, 0.15) is 38.7 Å². The smallest absolute Gasteiger partial charge is 0.0346 e. The van der Waals surface area contributed by atoms with E-state index in [1.807, 2.05) is 12.4 Å². The van der Waals surface area contributed by atoms with Crippen LogP contribution >= 0.6 is 0 Å². The molecule has 18 heavy (non-hydrogen) atoms. The van der Waals surface area contributed by atoms with Crippen LogP contribution in [-0.4, -0.2) is 11.0 Å². The highest BCUT2D eigenvalue weighted by molar-refractivity contribution is 5.81. The molecule has 0 unspecified atom stereocenters. The topological polar surface area (TPSA) is 24.9 Å². The molecule has 0 radical (unpaired) electrons. The predicted molar refractivity (Wildman–Crippen MR) is 77.6 cm³/mol. The van der Waals surface area contributed by atoms with Gasteiger partial charge in [0.15, 0.2) is 0 Å². The largest absolute Gasteiger partial charge is 0.310 e. The molecule has 2 heteroatoms. The number of nitrogens with zero attached hydrogens (tertiary/aromatic N) is 1. The lowest BCUT2D eigenvalue weighted by atomic mass is 10.1. The summed E-state index contributed by atoms with van der Waals surface area (Å²) in [5.74, 6) is 0. The van der Waals surface area contributed by atoms with Gasteiger partial charge >= 0.3 is 0 Å². The number of fused-ring (bicyclic) bond motifs is 1. The minimum Gasteiger partial charge on any atom is -0.310 e. The lowest BCUT2D eigenvalue weighted by Crippen LogP contribution is -2.25. The molecular weight excluding hydrogens is 220 g/mol. The molecule has 1 N–H and O–H groups in total. The van der Waals surface area contributed by atoms with Crippen molar-refractivity contribution in [2.75, 3.05) is 0 Å². The number of rotatable bonds is 6. The SMILES string of the molecule is CCCC[C@@H](C)NCc1ccc2cnccc2c1. The number of pyridine rings is 1. The highest BCUT2D eigenvalue weighted by atomic mass is 14.9. The Balaban J connectivity index is 1.95. The quantitative estimate of drug-likeness (QED) is 0.831. The van der Waals surface area contributed by atoms with E-state index in [4.69, 9.17) is 0 Å². The van der Waals surface area contributed by atoms with Gasteiger partial charge in [-0.25, -0.2) is 0 Å². The van der Waals surface area contributed by atoms with E-state index in [9.17, 15) is 0 Å². The van der Waals surface area contributed by atoms with Crippen molar-refractivity contribution in [1.29, 1.82) is 0 Å². The van der Waals surface area contributed by atoms with Crippen molar-refractivity contribution < 1.29 is 0 Å². The monoisotopic (exact) mass is 242 g/mol. The second-order valence-electron chi connectivity index (χ2n) is 4.98. The lowest BCUT2D eigenvalue weighted by Gasteiger charge is -2.13. The molecule has 0 aliphatic carbocycles. The van der Waals surface area contributed by atoms with Crippen LogP contribution in [0.2, 0.25) is 0 Å². The van der Waals surface area contributed by atoms with Crippen molar-refractivity contribution in [3.8, 4) is 0 Å². The summed E-state index contributed by atoms with van der Waals surface area (Å²) in [6.07, 6.45) is 7.60. The Morgan fingerprint density at radius 3 is 2.94 bits per heavy atom. The highest BCUT2D eigenvalue weighted by Gasteiger charge is 2.01. The van der Waals surface area contributed by atoms with Crippen LogP contribution in [-0.2, 0) is 6.54 Å². The van der Waals surface area contributed by atoms with E-state index in [1.54, 1.807) is 0 Å². The molecule has 0 fully saturated rings. The standard InChI is InChI=1S/C16H22N2/c1-3-4-5-13(2)18-11-14-6-7-16-12-17-9-8-15(16)10-14/h6-10,12-13,18H,3-5,11H2,1-2H3/t13-/m1/s1. The van der Waals surface area contributed by atoms with Gasteiger partial charge in [-0.1, -0.05) is 31.9 Å². The summed E-state index contributed by atoms with van der Waals surface area (Å²) in [6.45, 7) is 5.45. The molecule has 2 aromatic rings. The summed E-state index contributed by atoms with van der Waals surface area (Å²) in [6, 6.07) is 9.24. The molecule has 0 saturated carbocycles. The molecule has 1 aromatic carbocycles. The molecule has 0 bridgehead atoms. The molecule has 1 aromatic heterocycles. The Hall–Kier alpha value is -1.41. The van der Waals surface area contributed by atoms with E-state index in [1.165, 1.54) is 35.6 Å². The number of nitrogens with one attached hydrogen (secondary N) is 1. The first-order valence-electron chi connectivity index (χ1n) is 6.85. The lowest BCUT2D eigenvalue weighted by molar-refractivity contribution is 0.495. The predicted octanol–water partition coefficient (Wildman–Crippen LogP) is 3.90. The van der Waals surface area contributed by atoms with Crippen LogP contribution in [0.3, 0.4) is 0 Å². The average Bonchev–Trinajstić information content (AvgIpc) is 2.42. The average molecular weight is 242 g/mol. The fourth-order valence-electron chi connectivity index (χ4n) is 2.15. The van der Waals surface area contributed by atoms with Crippen LogP contribution in [0, 0.1) is 0 Å². The third kappa shape index (κ3) is 3.54. The molecule has 0 spiro atoms. The molecule has 0 saturated heterocycles. The number of hydrogen-bond donors (Lipinski definition) is 1. The maximum absolute atomic E-state index is 4.13. The molecule has 0 aliphatic rings. The molecule has 1 atom stereocenters. The van der Waals surface area contributed by atoms with E-state index in [0.29, 0.717) is 6.04 Å². The minimum absolute atomic E-state index is 0.595. The van der Waals surface area contributed by atoms with Crippen LogP contribution < -0.4 is 5.32 Å². The summed E-state index contributed by atoms with van der Waals surface area (Å²) in [5, 5.41) is 6.06. The minimum atomic E-state index is 0.595. The number of hydrogen-bond acceptors (Lipinski definition) is 2. The second kappa shape index (κ2) is 6.50. The Bertz CT molecular complexity index is 493. The highest BCUT2D eigenvalue weighted by Crippen LogP contribution is 2.14. The van der Waals surface area contributed by atoms with Crippen LogP contribution in [0.15, 0.2) is 36.7 Å². The Morgan fingerprint density at radius 1 is 1.22 bits per heavy atom. The van der Waals surface area contributed by atoms with Crippen molar-refractivity contribution >= 4 is 10.8 Å². The Morgan fingerprint density at radius 2 is 2.11 bits per heavy atom. The molecule has 0 amide bonds. The van der Waals surface area contributed by atoms with Gasteiger partial charge in [-0.3, -0.25) is 4.98 Å². The Labute approximate surface area is 109 Å². The zero-order chi connectivity index (χ0) is 12.8. The number of unbranched alkanes of at least 4 members (excludes halogenated alkanes) is 1. The van der Waals surface area contributed by atoms with Gasteiger partial charge in [0.05, 0.1) is 0 Å². The van der Waals surface area contributed by atoms with Gasteiger partial charge in [0.25, 0.3) is 0 Å². The molecule has 0 aliphatic heterocycles. The molecular formula is C16H22N2. The molecule has 96 valence electrons. The van der Waals surface area contributed by atoms with Crippen molar-refractivity contribution in [2.45, 2.75) is 45.7 Å². The van der Waals surface area contributed by atoms with E-state index in [2.05, 4.69) is 48.4 Å². The molecule has 2 nitrogen and oxygen atoms in total. The summed E-state index contributed by atoms with van der Waals surface area (Å²) in [7, 11) is 0. The number of aromatic nitrogens is 1. The maximum atomic E-state index is 4.13. The summed E-state index contributed by atoms with van der Waals surface area (Å²) in [4.78, 5) is 4.13. The van der Waals surface area contributed by atoms with Crippen LogP contribution in [0.5, 0.6) is 0 Å². The van der Waals surface area contributed by atoms with Gasteiger partial charge in [0, 0.05) is 30.4 Å². The summed E-state index contributed by atoms with van der Waals surface area (Å²) >= 11 is 0. The van der Waals surface area contributed by atoms with Crippen molar-refractivity contribution in [1.82, 2.24) is 10.3 Å². The van der Waals surface area contributed by atoms with Crippen molar-refractivity contribution in [2.24, 2.45) is 0 Å². The zero-order valence-electron chi connectivity index (χ0n) is 11.3. The van der Waals surface area contributed by atoms with Gasteiger partial charge in [-0.2, -0.15) is 0 Å². The summed E-state index contributed by atoms with van der Waals surface area (Å²) in [5.41, 5.74) is 1.34. The van der Waals surface area contributed by atoms with Gasteiger partial charge in [-0.05, 0) is 36.4 Å². The van der Waals surface area contributed by atoms with Gasteiger partial charge in [-0.15, -0.1) is 0 Å². The maximum Gasteiger partial charge on any atom is 0.0346 e. The van der Waals surface area contributed by atoms with E-state index in [0.717, 1.165) is 6.54 Å². The van der Waals surface area contributed by atoms with Crippen LogP contribution in [0.4, 0.5) is 0 Å². The van der Waals surface area contributed by atoms with Crippen LogP contribution in [0.25, 0.3) is 10.8 Å². The first kappa shape index (κ1) is 13.0. The van der Waals surface area contributed by atoms with Crippen molar-refractivity contribution in [3.05, 3.63) is 42.2 Å². The number of benzene rings is 1. The summed E-state index contributed by atoms with van der Waals surface area (Å²) < 4.78 is 0. The normalized spacial score (nSPS) is 12.8. The van der Waals surface area contributed by atoms with Gasteiger partial charge < -0.3 is 5.32 Å². The first-order valence-corrected chi connectivity index (χ1v) is 6.85. The van der Waals surface area contributed by atoms with Gasteiger partial charge in [0.1, 0.15) is 0 Å². The fourth-order valence-corrected chi connectivity index (χ4v) is 2.15. The fraction of sp³-hybridized carbons (Fsp3) is 0.438. The van der Waals surface area contributed by atoms with Crippen molar-refractivity contribution in [3.63, 3.8) is 0 Å². The van der Waals surface area contributed by atoms with E-state index >= 15 is 0 Å². The van der Waals surface area contributed by atoms with Gasteiger partial charge in [0.2, 0.25) is 0 Å². The second-order valence-corrected chi connectivity index (χ2v) is 4.98. The zero-order valence-corrected chi connectivity index (χ0v) is 11.3. The Kier molecular flexibility index (Phi) is 4.71. The molecule has 2 rings (SSSR count). The molecule has 1 heterocycles. The van der Waals surface area contributed by atoms with E-state index < -0.39 is 0 Å². The third-order valence-corrected chi connectivity index (χ3v) is 3.35. The van der Waals surface area contributed by atoms with E-state index in [-0.39, 0.29) is 0 Å². The first-order chi connectivity index (χ1) is 8.79. The third-order valence-electron chi connectivity index (χ3n) is 3.35.